The summed E-state index contributed by atoms with van der Waals surface area (Å²) in [5.74, 6) is 0.969. The van der Waals surface area contributed by atoms with Crippen molar-refractivity contribution in [2.75, 3.05) is 50.0 Å². The van der Waals surface area contributed by atoms with Gasteiger partial charge in [-0.1, -0.05) is 93.0 Å². The van der Waals surface area contributed by atoms with Gasteiger partial charge in [-0.05, 0) is 32.0 Å². The monoisotopic (exact) mass is 522 g/mol. The number of amides is 1. The molecule has 33 heavy (non-hydrogen) atoms. The Balaban J connectivity index is 1.40. The number of hydrogen-bond donors (Lipinski definition) is 1. The lowest BCUT2D eigenvalue weighted by atomic mass is 10.0. The second kappa shape index (κ2) is 18.2. The van der Waals surface area contributed by atoms with Gasteiger partial charge in [0, 0.05) is 44.3 Å². The lowest BCUT2D eigenvalue weighted by Gasteiger charge is -2.33. The van der Waals surface area contributed by atoms with Gasteiger partial charge in [-0.15, -0.1) is 0 Å². The van der Waals surface area contributed by atoms with Crippen molar-refractivity contribution in [3.63, 3.8) is 0 Å². The molecule has 0 unspecified atom stereocenters. The molecular weight excluding hydrogens is 476 g/mol. The molecule has 2 rings (SSSR count). The van der Waals surface area contributed by atoms with Crippen molar-refractivity contribution < 1.29 is 4.79 Å². The first-order valence-corrected chi connectivity index (χ1v) is 14.6. The van der Waals surface area contributed by atoms with Crippen LogP contribution in [0.5, 0.6) is 0 Å². The van der Waals surface area contributed by atoms with Gasteiger partial charge in [0.25, 0.3) is 5.91 Å². The van der Waals surface area contributed by atoms with Crippen LogP contribution in [0.15, 0.2) is 18.3 Å². The first kappa shape index (κ1) is 28.1. The summed E-state index contributed by atoms with van der Waals surface area (Å²) in [6, 6.07) is 3.88. The van der Waals surface area contributed by atoms with Gasteiger partial charge in [0.15, 0.2) is 0 Å². The number of pyridine rings is 1. The average molecular weight is 524 g/mol. The highest BCUT2D eigenvalue weighted by atomic mass is 79.9. The maximum atomic E-state index is 12.3. The largest absolute Gasteiger partial charge is 0.354 e. The minimum atomic E-state index is -0.00412. The van der Waals surface area contributed by atoms with Gasteiger partial charge in [-0.25, -0.2) is 4.98 Å². The van der Waals surface area contributed by atoms with E-state index in [9.17, 15) is 4.79 Å². The Morgan fingerprint density at radius 3 is 1.82 bits per heavy atom. The number of carbonyl (C=O) groups is 1. The molecule has 1 aromatic rings. The van der Waals surface area contributed by atoms with Gasteiger partial charge in [0.1, 0.15) is 5.82 Å². The van der Waals surface area contributed by atoms with Crippen LogP contribution < -0.4 is 10.2 Å². The van der Waals surface area contributed by atoms with E-state index in [1.165, 1.54) is 83.5 Å². The van der Waals surface area contributed by atoms with Crippen LogP contribution in [0.2, 0.25) is 0 Å². The first-order valence-electron chi connectivity index (χ1n) is 13.4. The number of nitrogens with one attached hydrogen (secondary N) is 1. The topological polar surface area (TPSA) is 48.5 Å². The fraction of sp³-hybridized carbons (Fsp3) is 0.778. The Kier molecular flexibility index (Phi) is 15.5. The molecule has 2 heterocycles. The van der Waals surface area contributed by atoms with Gasteiger partial charge < -0.3 is 15.1 Å². The summed E-state index contributed by atoms with van der Waals surface area (Å²) in [5, 5.41) is 4.21. The molecule has 0 aliphatic carbocycles. The molecule has 1 amide bonds. The van der Waals surface area contributed by atoms with Crippen LogP contribution in [-0.4, -0.2) is 60.9 Å². The van der Waals surface area contributed by atoms with Crippen LogP contribution in [0.4, 0.5) is 5.82 Å². The number of rotatable bonds is 18. The summed E-state index contributed by atoms with van der Waals surface area (Å²) in [6.07, 6.45) is 20.5. The summed E-state index contributed by atoms with van der Waals surface area (Å²) in [6.45, 7) is 4.86. The van der Waals surface area contributed by atoms with Gasteiger partial charge in [-0.3, -0.25) is 4.79 Å². The highest BCUT2D eigenvalue weighted by Gasteiger charge is 2.15. The first-order chi connectivity index (χ1) is 16.2. The van der Waals surface area contributed by atoms with Crippen LogP contribution in [0.1, 0.15) is 100 Å². The van der Waals surface area contributed by atoms with Crippen molar-refractivity contribution in [1.82, 2.24) is 15.2 Å². The molecule has 1 N–H and O–H groups in total. The molecule has 0 spiro atoms. The van der Waals surface area contributed by atoms with E-state index in [0.29, 0.717) is 5.56 Å². The minimum Gasteiger partial charge on any atom is -0.354 e. The molecule has 1 aliphatic rings. The number of alkyl halides is 1. The molecule has 1 saturated heterocycles. The van der Waals surface area contributed by atoms with Crippen LogP contribution in [0.25, 0.3) is 0 Å². The van der Waals surface area contributed by atoms with E-state index in [1.54, 1.807) is 6.20 Å². The molecule has 0 radical (unpaired) electrons. The molecule has 1 aliphatic heterocycles. The van der Waals surface area contributed by atoms with Gasteiger partial charge in [-0.2, -0.15) is 0 Å². The highest BCUT2D eigenvalue weighted by Crippen LogP contribution is 2.15. The third-order valence-electron chi connectivity index (χ3n) is 6.68. The zero-order valence-corrected chi connectivity index (χ0v) is 22.6. The smallest absolute Gasteiger partial charge is 0.252 e. The standard InChI is InChI=1S/C27H47BrN4O/c1-31-20-22-32(23-21-31)26-17-16-25(24-30-26)27(33)29-19-15-13-11-9-7-5-3-2-4-6-8-10-12-14-18-28/h16-17,24H,2-15,18-23H2,1H3,(H,29,33). The van der Waals surface area contributed by atoms with E-state index >= 15 is 0 Å². The van der Waals surface area contributed by atoms with E-state index in [0.717, 1.165) is 50.3 Å². The Labute approximate surface area is 211 Å². The fourth-order valence-corrected chi connectivity index (χ4v) is 4.78. The number of carbonyl (C=O) groups excluding carboxylic acids is 1. The molecule has 0 atom stereocenters. The SMILES string of the molecule is CN1CCN(c2ccc(C(=O)NCCCCCCCCCCCCCCCCBr)cn2)CC1. The zero-order valence-electron chi connectivity index (χ0n) is 21.0. The van der Waals surface area contributed by atoms with E-state index in [-0.39, 0.29) is 5.91 Å². The third kappa shape index (κ3) is 12.8. The average Bonchev–Trinajstić information content (AvgIpc) is 2.84. The Hall–Kier alpha value is -1.14. The van der Waals surface area contributed by atoms with E-state index in [4.69, 9.17) is 0 Å². The molecular formula is C27H47BrN4O. The van der Waals surface area contributed by atoms with Crippen molar-refractivity contribution in [2.45, 2.75) is 89.9 Å². The number of hydrogen-bond acceptors (Lipinski definition) is 4. The van der Waals surface area contributed by atoms with Gasteiger partial charge in [0.05, 0.1) is 5.56 Å². The maximum Gasteiger partial charge on any atom is 0.252 e. The summed E-state index contributed by atoms with van der Waals surface area (Å²) in [7, 11) is 2.15. The number of piperazine rings is 1. The van der Waals surface area contributed by atoms with Crippen molar-refractivity contribution in [2.24, 2.45) is 0 Å². The predicted octanol–water partition coefficient (Wildman–Crippen LogP) is 6.42. The summed E-state index contributed by atoms with van der Waals surface area (Å²) in [4.78, 5) is 21.5. The van der Waals surface area contributed by atoms with E-state index < -0.39 is 0 Å². The van der Waals surface area contributed by atoms with Gasteiger partial charge >= 0.3 is 0 Å². The number of aromatic nitrogens is 1. The van der Waals surface area contributed by atoms with Crippen LogP contribution >= 0.6 is 15.9 Å². The molecule has 6 heteroatoms. The Morgan fingerprint density at radius 1 is 0.818 bits per heavy atom. The number of likely N-dealkylation sites (N-methyl/N-ethyl adjacent to an activating group) is 1. The van der Waals surface area contributed by atoms with Crippen molar-refractivity contribution in [3.05, 3.63) is 23.9 Å². The Morgan fingerprint density at radius 2 is 1.33 bits per heavy atom. The second-order valence-corrected chi connectivity index (χ2v) is 10.4. The van der Waals surface area contributed by atoms with Crippen LogP contribution in [0, 0.1) is 0 Å². The van der Waals surface area contributed by atoms with Crippen LogP contribution in [-0.2, 0) is 0 Å². The molecule has 1 fully saturated rings. The number of anilines is 1. The molecule has 1 aromatic heterocycles. The Bertz CT molecular complexity index is 617. The lowest BCUT2D eigenvalue weighted by molar-refractivity contribution is 0.0952. The predicted molar refractivity (Wildman–Crippen MR) is 145 cm³/mol. The number of halogens is 1. The van der Waals surface area contributed by atoms with Crippen molar-refractivity contribution in [3.8, 4) is 0 Å². The minimum absolute atomic E-state index is 0.00412. The summed E-state index contributed by atoms with van der Waals surface area (Å²) < 4.78 is 0. The van der Waals surface area contributed by atoms with E-state index in [2.05, 4.69) is 43.1 Å². The fourth-order valence-electron chi connectivity index (χ4n) is 4.39. The highest BCUT2D eigenvalue weighted by molar-refractivity contribution is 9.09. The quantitative estimate of drug-likeness (QED) is 0.178. The number of unbranched alkanes of at least 4 members (excludes halogenated alkanes) is 13. The van der Waals surface area contributed by atoms with E-state index in [1.807, 2.05) is 12.1 Å². The normalized spacial score (nSPS) is 14.5. The molecule has 0 saturated carbocycles. The zero-order chi connectivity index (χ0) is 23.6. The van der Waals surface area contributed by atoms with Crippen molar-refractivity contribution >= 4 is 27.7 Å². The lowest BCUT2D eigenvalue weighted by Crippen LogP contribution is -2.44. The molecule has 188 valence electrons. The molecule has 0 aromatic carbocycles. The second-order valence-electron chi connectivity index (χ2n) is 9.59. The third-order valence-corrected chi connectivity index (χ3v) is 7.24. The summed E-state index contributed by atoms with van der Waals surface area (Å²) in [5.41, 5.74) is 0.659. The molecule has 5 nitrogen and oxygen atoms in total. The van der Waals surface area contributed by atoms with Crippen molar-refractivity contribution in [1.29, 1.82) is 0 Å². The summed E-state index contributed by atoms with van der Waals surface area (Å²) >= 11 is 3.50. The maximum absolute atomic E-state index is 12.3. The van der Waals surface area contributed by atoms with Crippen LogP contribution in [0.3, 0.4) is 0 Å². The number of nitrogens with zero attached hydrogens (tertiary/aromatic N) is 3. The molecule has 0 bridgehead atoms. The van der Waals surface area contributed by atoms with Gasteiger partial charge in [0.2, 0.25) is 0 Å².